The summed E-state index contributed by atoms with van der Waals surface area (Å²) in [6.45, 7) is -0.684. The summed E-state index contributed by atoms with van der Waals surface area (Å²) < 4.78 is 53.9. The molecule has 0 atom stereocenters. The molecule has 8 nitrogen and oxygen atoms in total. The fourth-order valence-electron chi connectivity index (χ4n) is 5.47. The van der Waals surface area contributed by atoms with Crippen molar-refractivity contribution in [1.82, 2.24) is 10.2 Å². The predicted molar refractivity (Wildman–Crippen MR) is 128 cm³/mol. The van der Waals surface area contributed by atoms with Gasteiger partial charge in [0.2, 0.25) is 11.8 Å². The van der Waals surface area contributed by atoms with Crippen LogP contribution in [-0.4, -0.2) is 52.0 Å². The molecule has 0 bridgehead atoms. The number of rotatable bonds is 5. The zero-order valence-electron chi connectivity index (χ0n) is 20.5. The molecule has 2 aromatic carbocycles. The van der Waals surface area contributed by atoms with Gasteiger partial charge in [0.05, 0.1) is 29.0 Å². The van der Waals surface area contributed by atoms with Gasteiger partial charge in [0, 0.05) is 18.5 Å². The lowest BCUT2D eigenvalue weighted by Crippen LogP contribution is -2.74. The Morgan fingerprint density at radius 1 is 1.13 bits per heavy atom. The molecule has 2 aliphatic carbocycles. The van der Waals surface area contributed by atoms with Crippen LogP contribution < -0.4 is 10.2 Å². The van der Waals surface area contributed by atoms with Crippen molar-refractivity contribution in [2.24, 2.45) is 5.92 Å². The second-order valence-electron chi connectivity index (χ2n) is 10.3. The van der Waals surface area contributed by atoms with E-state index in [-0.39, 0.29) is 42.6 Å². The molecule has 0 unspecified atom stereocenters. The van der Waals surface area contributed by atoms with E-state index in [1.54, 1.807) is 6.07 Å². The third-order valence-corrected chi connectivity index (χ3v) is 7.74. The van der Waals surface area contributed by atoms with E-state index in [4.69, 9.17) is 5.26 Å². The highest BCUT2D eigenvalue weighted by Crippen LogP contribution is 2.48. The molecule has 12 heteroatoms. The summed E-state index contributed by atoms with van der Waals surface area (Å²) in [4.78, 5) is 42.3. The summed E-state index contributed by atoms with van der Waals surface area (Å²) in [6.07, 6.45) is -4.26. The van der Waals surface area contributed by atoms with Gasteiger partial charge in [0.25, 0.3) is 5.91 Å². The predicted octanol–water partition coefficient (Wildman–Crippen LogP) is 2.88. The molecule has 204 valence electrons. The molecule has 3 fully saturated rings. The number of aliphatic hydroxyl groups is 1. The summed E-state index contributed by atoms with van der Waals surface area (Å²) in [7, 11) is 0. The van der Waals surface area contributed by atoms with E-state index < -0.39 is 53.5 Å². The molecule has 1 spiro atoms. The van der Waals surface area contributed by atoms with Crippen molar-refractivity contribution in [2.45, 2.75) is 56.1 Å². The lowest BCUT2D eigenvalue weighted by atomic mass is 9.64. The standard InChI is InChI=1S/C27H24F4N4O4/c28-21-7-16(12-32)3-6-22(21)34-14-23(37)35(13-15-1-4-18(5-2-15)27(29,30)31)26(25(34)39)10-17(11-26)24(38)33-19-8-20(36)9-19/h1-7,17,19-20,36H,8-11,13-14H2,(H,33,38)/t17-,19-,20-,26+. The lowest BCUT2D eigenvalue weighted by molar-refractivity contribution is -0.165. The molecule has 2 N–H and O–H groups in total. The number of halogens is 4. The zero-order valence-corrected chi connectivity index (χ0v) is 20.5. The fraction of sp³-hybridized carbons (Fsp3) is 0.407. The van der Waals surface area contributed by atoms with Crippen LogP contribution >= 0.6 is 0 Å². The number of nitrogens with zero attached hydrogens (tertiary/aromatic N) is 3. The number of amides is 3. The van der Waals surface area contributed by atoms with Crippen molar-refractivity contribution in [1.29, 1.82) is 5.26 Å². The Morgan fingerprint density at radius 2 is 1.79 bits per heavy atom. The first-order chi connectivity index (χ1) is 18.4. The topological polar surface area (TPSA) is 114 Å². The molecule has 3 amide bonds. The number of nitrogens with one attached hydrogen (secondary N) is 1. The number of nitriles is 1. The minimum absolute atomic E-state index is 0.0344. The van der Waals surface area contributed by atoms with Crippen molar-refractivity contribution >= 4 is 23.4 Å². The van der Waals surface area contributed by atoms with Gasteiger partial charge in [-0.05, 0) is 61.6 Å². The Balaban J connectivity index is 1.42. The van der Waals surface area contributed by atoms with Gasteiger partial charge >= 0.3 is 6.18 Å². The SMILES string of the molecule is N#Cc1ccc(N2CC(=O)N(Cc3ccc(C(F)(F)F)cc3)[C@]3(C[C@@H](C(=O)N[C@H]4C[C@H](O)C4)C3)C2=O)c(F)c1. The summed E-state index contributed by atoms with van der Waals surface area (Å²) in [5.74, 6) is -2.98. The van der Waals surface area contributed by atoms with Crippen LogP contribution in [0.1, 0.15) is 42.4 Å². The van der Waals surface area contributed by atoms with E-state index in [1.807, 2.05) is 0 Å². The van der Waals surface area contributed by atoms with Gasteiger partial charge in [0.15, 0.2) is 0 Å². The van der Waals surface area contributed by atoms with Crippen LogP contribution in [0, 0.1) is 23.1 Å². The molecule has 3 aliphatic rings. The first-order valence-electron chi connectivity index (χ1n) is 12.4. The summed E-state index contributed by atoms with van der Waals surface area (Å²) in [5.41, 5.74) is -2.15. The van der Waals surface area contributed by atoms with Crippen LogP contribution in [-0.2, 0) is 27.1 Å². The molecular formula is C27H24F4N4O4. The van der Waals surface area contributed by atoms with Crippen LogP contribution in [0.4, 0.5) is 23.2 Å². The number of hydrogen-bond acceptors (Lipinski definition) is 5. The van der Waals surface area contributed by atoms with Crippen molar-refractivity contribution in [3.8, 4) is 6.07 Å². The Morgan fingerprint density at radius 3 is 2.36 bits per heavy atom. The van der Waals surface area contributed by atoms with Gasteiger partial charge in [-0.15, -0.1) is 0 Å². The minimum atomic E-state index is -4.53. The maximum Gasteiger partial charge on any atom is 0.416 e. The Hall–Kier alpha value is -3.98. The quantitative estimate of drug-likeness (QED) is 0.562. The normalized spacial score (nSPS) is 26.6. The number of piperazine rings is 1. The molecule has 2 aromatic rings. The smallest absolute Gasteiger partial charge is 0.393 e. The molecule has 0 aromatic heterocycles. The fourth-order valence-corrected chi connectivity index (χ4v) is 5.47. The van der Waals surface area contributed by atoms with Crippen molar-refractivity contribution in [2.75, 3.05) is 11.4 Å². The van der Waals surface area contributed by atoms with E-state index >= 15 is 0 Å². The monoisotopic (exact) mass is 544 g/mol. The van der Waals surface area contributed by atoms with Crippen molar-refractivity contribution in [3.63, 3.8) is 0 Å². The number of benzene rings is 2. The maximum absolute atomic E-state index is 14.9. The molecule has 1 saturated heterocycles. The van der Waals surface area contributed by atoms with E-state index in [0.717, 1.165) is 23.1 Å². The average Bonchev–Trinajstić information content (AvgIpc) is 2.84. The van der Waals surface area contributed by atoms with Crippen LogP contribution in [0.2, 0.25) is 0 Å². The molecule has 1 aliphatic heterocycles. The van der Waals surface area contributed by atoms with Gasteiger partial charge in [-0.1, -0.05) is 12.1 Å². The molecule has 2 saturated carbocycles. The highest BCUT2D eigenvalue weighted by molar-refractivity contribution is 6.10. The van der Waals surface area contributed by atoms with Crippen LogP contribution in [0.5, 0.6) is 0 Å². The van der Waals surface area contributed by atoms with Crippen LogP contribution in [0.3, 0.4) is 0 Å². The summed E-state index contributed by atoms with van der Waals surface area (Å²) in [5, 5.41) is 21.3. The highest BCUT2D eigenvalue weighted by Gasteiger charge is 2.62. The Bertz CT molecular complexity index is 1360. The van der Waals surface area contributed by atoms with E-state index in [9.17, 15) is 37.1 Å². The second kappa shape index (κ2) is 9.64. The average molecular weight is 545 g/mol. The highest BCUT2D eigenvalue weighted by atomic mass is 19.4. The molecule has 0 radical (unpaired) electrons. The van der Waals surface area contributed by atoms with E-state index in [2.05, 4.69) is 5.32 Å². The van der Waals surface area contributed by atoms with Gasteiger partial charge in [-0.25, -0.2) is 4.39 Å². The molecule has 5 rings (SSSR count). The lowest BCUT2D eigenvalue weighted by Gasteiger charge is -2.56. The van der Waals surface area contributed by atoms with Gasteiger partial charge in [-0.3, -0.25) is 19.3 Å². The number of hydrogen-bond donors (Lipinski definition) is 2. The maximum atomic E-state index is 14.9. The van der Waals surface area contributed by atoms with E-state index in [1.165, 1.54) is 29.2 Å². The molecule has 1 heterocycles. The first kappa shape index (κ1) is 26.6. The Labute approximate surface area is 220 Å². The van der Waals surface area contributed by atoms with Crippen LogP contribution in [0.15, 0.2) is 42.5 Å². The number of anilines is 1. The van der Waals surface area contributed by atoms with Gasteiger partial charge in [-0.2, -0.15) is 18.4 Å². The molecule has 39 heavy (non-hydrogen) atoms. The van der Waals surface area contributed by atoms with Crippen LogP contribution in [0.25, 0.3) is 0 Å². The Kier molecular flexibility index (Phi) is 6.58. The number of alkyl halides is 3. The van der Waals surface area contributed by atoms with Gasteiger partial charge < -0.3 is 15.3 Å². The van der Waals surface area contributed by atoms with Gasteiger partial charge in [0.1, 0.15) is 17.9 Å². The summed E-state index contributed by atoms with van der Waals surface area (Å²) in [6, 6.07) is 9.37. The number of aliphatic hydroxyl groups excluding tert-OH is 1. The number of carbonyl (C=O) groups excluding carboxylic acids is 3. The summed E-state index contributed by atoms with van der Waals surface area (Å²) >= 11 is 0. The first-order valence-corrected chi connectivity index (χ1v) is 12.4. The third-order valence-electron chi connectivity index (χ3n) is 7.74. The number of carbonyl (C=O) groups is 3. The zero-order chi connectivity index (χ0) is 28.1. The van der Waals surface area contributed by atoms with Crippen molar-refractivity contribution < 1.29 is 37.1 Å². The van der Waals surface area contributed by atoms with Crippen molar-refractivity contribution in [3.05, 3.63) is 65.0 Å². The second-order valence-corrected chi connectivity index (χ2v) is 10.3. The van der Waals surface area contributed by atoms with E-state index in [0.29, 0.717) is 18.4 Å². The third kappa shape index (κ3) is 4.83. The minimum Gasteiger partial charge on any atom is -0.393 e. The largest absolute Gasteiger partial charge is 0.416 e. The molecular weight excluding hydrogens is 520 g/mol.